The number of amides is 1. The summed E-state index contributed by atoms with van der Waals surface area (Å²) in [6, 6.07) is 0. The highest BCUT2D eigenvalue weighted by atomic mass is 16.6. The summed E-state index contributed by atoms with van der Waals surface area (Å²) in [5, 5.41) is 12.0. The molecule has 1 saturated heterocycles. The maximum atomic E-state index is 11.7. The fourth-order valence-corrected chi connectivity index (χ4v) is 2.38. The lowest BCUT2D eigenvalue weighted by atomic mass is 9.75. The summed E-state index contributed by atoms with van der Waals surface area (Å²) in [4.78, 5) is 31.4. The zero-order chi connectivity index (χ0) is 17.1. The van der Waals surface area contributed by atoms with Crippen LogP contribution in [-0.2, 0) is 19.7 Å². The van der Waals surface area contributed by atoms with E-state index in [1.807, 2.05) is 0 Å². The van der Waals surface area contributed by atoms with Crippen molar-refractivity contribution >= 4 is 18.0 Å². The number of aromatic nitrogens is 2. The molecule has 1 aliphatic heterocycles. The van der Waals surface area contributed by atoms with Crippen LogP contribution in [0.4, 0.5) is 10.7 Å². The molecule has 1 aromatic rings. The fourth-order valence-electron chi connectivity index (χ4n) is 2.38. The zero-order valence-corrected chi connectivity index (χ0v) is 13.5. The second-order valence-corrected chi connectivity index (χ2v) is 6.42. The minimum absolute atomic E-state index is 0.0654. The first-order chi connectivity index (χ1) is 10.7. The maximum absolute atomic E-state index is 11.7. The Balaban J connectivity index is 2.12. The van der Waals surface area contributed by atoms with E-state index in [1.54, 1.807) is 20.8 Å². The average molecular weight is 323 g/mol. The number of hydrogen-bond acceptors (Lipinski definition) is 6. The van der Waals surface area contributed by atoms with E-state index < -0.39 is 23.1 Å². The highest BCUT2D eigenvalue weighted by molar-refractivity contribution is 5.83. The largest absolute Gasteiger partial charge is 0.481 e. The normalized spacial score (nSPS) is 17.3. The molecule has 0 saturated carbocycles. The van der Waals surface area contributed by atoms with Gasteiger partial charge in [-0.2, -0.15) is 0 Å². The number of anilines is 1. The highest BCUT2D eigenvalue weighted by Crippen LogP contribution is 2.34. The van der Waals surface area contributed by atoms with Crippen molar-refractivity contribution in [2.24, 2.45) is 0 Å². The highest BCUT2D eigenvalue weighted by Gasteiger charge is 2.42. The number of nitrogens with zero attached hydrogens (tertiary/aromatic N) is 2. The molecule has 8 heteroatoms. The molecular formula is C15H21N3O5. The van der Waals surface area contributed by atoms with Crippen molar-refractivity contribution in [1.29, 1.82) is 0 Å². The molecule has 0 aliphatic carbocycles. The smallest absolute Gasteiger partial charge is 0.414 e. The molecule has 2 rings (SSSR count). The number of carbonyl (C=O) groups excluding carboxylic acids is 1. The van der Waals surface area contributed by atoms with Crippen molar-refractivity contribution in [2.75, 3.05) is 18.5 Å². The summed E-state index contributed by atoms with van der Waals surface area (Å²) in [5.41, 5.74) is -1.16. The van der Waals surface area contributed by atoms with Gasteiger partial charge >= 0.3 is 12.1 Å². The van der Waals surface area contributed by atoms with Gasteiger partial charge in [-0.05, 0) is 33.6 Å². The third-order valence-corrected chi connectivity index (χ3v) is 3.57. The number of hydrogen-bond donors (Lipinski definition) is 2. The third kappa shape index (κ3) is 4.16. The van der Waals surface area contributed by atoms with Gasteiger partial charge in [0.2, 0.25) is 5.95 Å². The van der Waals surface area contributed by atoms with Crippen LogP contribution in [0.1, 0.15) is 39.2 Å². The molecule has 1 aromatic heterocycles. The molecule has 0 atom stereocenters. The Hall–Kier alpha value is -2.22. The number of carbonyl (C=O) groups is 2. The number of aliphatic carboxylic acids is 1. The molecule has 8 nitrogen and oxygen atoms in total. The van der Waals surface area contributed by atoms with Gasteiger partial charge in [-0.15, -0.1) is 0 Å². The van der Waals surface area contributed by atoms with Crippen LogP contribution in [0.5, 0.6) is 0 Å². The Morgan fingerprint density at radius 2 is 1.83 bits per heavy atom. The quantitative estimate of drug-likeness (QED) is 0.874. The second kappa shape index (κ2) is 6.49. The average Bonchev–Trinajstić information content (AvgIpc) is 2.46. The van der Waals surface area contributed by atoms with Gasteiger partial charge in [-0.3, -0.25) is 10.1 Å². The number of carboxylic acid groups (broad SMARTS) is 1. The molecule has 0 unspecified atom stereocenters. The standard InChI is InChI=1S/C15H21N3O5/c1-14(2,3)23-13(21)18-12-16-8-10(9-17-12)15(11(19)20)4-6-22-7-5-15/h8-9H,4-7H2,1-3H3,(H,19,20)(H,16,17,18,21). The predicted molar refractivity (Wildman–Crippen MR) is 81.3 cm³/mol. The topological polar surface area (TPSA) is 111 Å². The van der Waals surface area contributed by atoms with Crippen molar-refractivity contribution < 1.29 is 24.2 Å². The Morgan fingerprint density at radius 3 is 2.30 bits per heavy atom. The number of ether oxygens (including phenoxy) is 2. The van der Waals surface area contributed by atoms with Crippen LogP contribution in [0.15, 0.2) is 12.4 Å². The van der Waals surface area contributed by atoms with Gasteiger partial charge in [0.1, 0.15) is 11.0 Å². The van der Waals surface area contributed by atoms with Crippen LogP contribution >= 0.6 is 0 Å². The lowest BCUT2D eigenvalue weighted by Gasteiger charge is -2.32. The van der Waals surface area contributed by atoms with Crippen LogP contribution < -0.4 is 5.32 Å². The summed E-state index contributed by atoms with van der Waals surface area (Å²) in [6.07, 6.45) is 2.93. The SMILES string of the molecule is CC(C)(C)OC(=O)Nc1ncc(C2(C(=O)O)CCOCC2)cn1. The van der Waals surface area contributed by atoms with Crippen LogP contribution in [0, 0.1) is 0 Å². The Morgan fingerprint density at radius 1 is 1.26 bits per heavy atom. The Bertz CT molecular complexity index is 574. The van der Waals surface area contributed by atoms with Gasteiger partial charge in [0.25, 0.3) is 0 Å². The summed E-state index contributed by atoms with van der Waals surface area (Å²) >= 11 is 0. The van der Waals surface area contributed by atoms with E-state index in [1.165, 1.54) is 12.4 Å². The molecule has 0 bridgehead atoms. The van der Waals surface area contributed by atoms with Crippen molar-refractivity contribution in [3.63, 3.8) is 0 Å². The number of carboxylic acids is 1. The predicted octanol–water partition coefficient (Wildman–Crippen LogP) is 1.96. The van der Waals surface area contributed by atoms with Crippen molar-refractivity contribution in [1.82, 2.24) is 9.97 Å². The van der Waals surface area contributed by atoms with E-state index in [-0.39, 0.29) is 5.95 Å². The summed E-state index contributed by atoms with van der Waals surface area (Å²) in [6.45, 7) is 6.00. The Kier molecular flexibility index (Phi) is 4.84. The molecule has 0 aromatic carbocycles. The first kappa shape index (κ1) is 17.1. The van der Waals surface area contributed by atoms with Crippen molar-refractivity contribution in [3.05, 3.63) is 18.0 Å². The van der Waals surface area contributed by atoms with Crippen LogP contribution in [0.25, 0.3) is 0 Å². The fraction of sp³-hybridized carbons (Fsp3) is 0.600. The van der Waals surface area contributed by atoms with E-state index in [2.05, 4.69) is 15.3 Å². The van der Waals surface area contributed by atoms with E-state index in [9.17, 15) is 14.7 Å². The Labute approximate surface area is 134 Å². The minimum atomic E-state index is -1.04. The van der Waals surface area contributed by atoms with E-state index in [4.69, 9.17) is 9.47 Å². The second-order valence-electron chi connectivity index (χ2n) is 6.42. The number of nitrogens with one attached hydrogen (secondary N) is 1. The number of rotatable bonds is 3. The van der Waals surface area contributed by atoms with E-state index >= 15 is 0 Å². The molecule has 1 aliphatic rings. The molecule has 1 fully saturated rings. The molecule has 2 heterocycles. The van der Waals surface area contributed by atoms with Gasteiger partial charge in [-0.1, -0.05) is 0 Å². The molecule has 0 spiro atoms. The van der Waals surface area contributed by atoms with Gasteiger partial charge in [0, 0.05) is 31.2 Å². The summed E-state index contributed by atoms with van der Waals surface area (Å²) in [7, 11) is 0. The van der Waals surface area contributed by atoms with Gasteiger partial charge in [0.15, 0.2) is 0 Å². The molecule has 23 heavy (non-hydrogen) atoms. The van der Waals surface area contributed by atoms with Crippen LogP contribution in [0.3, 0.4) is 0 Å². The van der Waals surface area contributed by atoms with E-state index in [0.717, 1.165) is 0 Å². The molecule has 0 radical (unpaired) electrons. The van der Waals surface area contributed by atoms with Crippen molar-refractivity contribution in [3.8, 4) is 0 Å². The minimum Gasteiger partial charge on any atom is -0.481 e. The zero-order valence-electron chi connectivity index (χ0n) is 13.5. The molecule has 126 valence electrons. The summed E-state index contributed by atoms with van der Waals surface area (Å²) in [5.74, 6) is -0.854. The van der Waals surface area contributed by atoms with Gasteiger partial charge < -0.3 is 14.6 Å². The van der Waals surface area contributed by atoms with Crippen LogP contribution in [0.2, 0.25) is 0 Å². The molecule has 2 N–H and O–H groups in total. The first-order valence-corrected chi connectivity index (χ1v) is 7.37. The van der Waals surface area contributed by atoms with Gasteiger partial charge in [0.05, 0.1) is 0 Å². The summed E-state index contributed by atoms with van der Waals surface area (Å²) < 4.78 is 10.3. The lowest BCUT2D eigenvalue weighted by molar-refractivity contribution is -0.147. The van der Waals surface area contributed by atoms with Crippen molar-refractivity contribution in [2.45, 2.75) is 44.6 Å². The molecular weight excluding hydrogens is 302 g/mol. The molecule has 1 amide bonds. The lowest BCUT2D eigenvalue weighted by Crippen LogP contribution is -2.41. The monoisotopic (exact) mass is 323 g/mol. The maximum Gasteiger partial charge on any atom is 0.414 e. The van der Waals surface area contributed by atoms with Gasteiger partial charge in [-0.25, -0.2) is 14.8 Å². The first-order valence-electron chi connectivity index (χ1n) is 7.37. The third-order valence-electron chi connectivity index (χ3n) is 3.57. The van der Waals surface area contributed by atoms with E-state index in [0.29, 0.717) is 31.6 Å². The van der Waals surface area contributed by atoms with Crippen LogP contribution in [-0.4, -0.2) is 46.0 Å².